The molecule has 0 bridgehead atoms. The number of hydrogen-bond donors (Lipinski definition) is 0. The number of hydrogen-bond acceptors (Lipinski definition) is 8. The van der Waals surface area contributed by atoms with Crippen molar-refractivity contribution in [3.8, 4) is 16.9 Å². The van der Waals surface area contributed by atoms with Gasteiger partial charge in [-0.05, 0) is 79.4 Å². The van der Waals surface area contributed by atoms with Gasteiger partial charge in [0.15, 0.2) is 0 Å². The molecule has 8 heterocycles. The van der Waals surface area contributed by atoms with Crippen LogP contribution in [0.1, 0.15) is 101 Å². The van der Waals surface area contributed by atoms with E-state index in [4.69, 9.17) is 38.9 Å². The Balaban J connectivity index is -0.00000133. The first-order valence-electron chi connectivity index (χ1n) is 31.6. The average Bonchev–Trinajstić information content (AvgIpc) is 1.45. The van der Waals surface area contributed by atoms with Gasteiger partial charge in [-0.15, -0.1) is 148 Å². The molecule has 1 spiro atoms. The minimum absolute atomic E-state index is 0.898. The number of fused-ring (bicyclic) bond motifs is 12. The monoisotopic (exact) mass is 1610 g/mol. The van der Waals surface area contributed by atoms with Gasteiger partial charge >= 0.3 is 5.91 Å². The van der Waals surface area contributed by atoms with Crippen LogP contribution in [0.3, 0.4) is 0 Å². The molecular formula is C76H106Cl12N8O4+2. The molecule has 0 saturated carbocycles. The zero-order chi connectivity index (χ0) is 76.6. The van der Waals surface area contributed by atoms with Crippen molar-refractivity contribution < 1.29 is 28.1 Å². The van der Waals surface area contributed by atoms with Crippen LogP contribution < -0.4 is 15.7 Å². The molecule has 556 valence electrons. The summed E-state index contributed by atoms with van der Waals surface area (Å²) in [5.74, 6) is 5.38. The number of ether oxygens (including phenoxy) is 4. The first-order chi connectivity index (χ1) is 49.5. The first-order valence-corrected chi connectivity index (χ1v) is 40.7. The molecule has 6 aromatic carbocycles. The third-order valence-corrected chi connectivity index (χ3v) is 14.4. The van der Waals surface area contributed by atoms with Gasteiger partial charge in [0.05, 0.1) is 29.4 Å². The number of rotatable bonds is 14. The van der Waals surface area contributed by atoms with Crippen LogP contribution in [0.2, 0.25) is 0 Å². The summed E-state index contributed by atoms with van der Waals surface area (Å²) in [6.45, 7) is 9.34. The van der Waals surface area contributed by atoms with Crippen molar-refractivity contribution in [2.45, 2.75) is 84.5 Å². The van der Waals surface area contributed by atoms with Crippen LogP contribution in [-0.2, 0) is 20.1 Å². The highest BCUT2D eigenvalue weighted by atomic mass is 35.5. The normalized spacial score (nSPS) is 11.6. The summed E-state index contributed by atoms with van der Waals surface area (Å²) in [6, 6.07) is 52.3. The molecule has 0 radical (unpaired) electrons. The minimum Gasteiger partial charge on any atom is -0.496 e. The number of amidine groups is 4. The number of aliphatic imine (C=N–C) groups is 2. The molecule has 12 nitrogen and oxygen atoms in total. The van der Waals surface area contributed by atoms with Crippen LogP contribution in [0, 0.1) is 0 Å². The van der Waals surface area contributed by atoms with Crippen LogP contribution >= 0.6 is 139 Å². The molecule has 14 rings (SSSR count). The standard InChI is InChI=1S/C33H16N8.C13H12O.3C6H14O.12CH3Cl/c1-2-10-18-17(9-1)25-34-27-19-11-3-4-12-20(19)29-36-31-23-15-7-8-16-24(23)32-37-30-22-14-6-5-13-21(22)28-35-26(18)38(25)33(39(27)29,40(28)30)41(31)32;1-14-13-10-6-5-9-12(13)11-7-3-2-4-8-11;3*1-3-4-5-6-7-2;12*1-2/h1-16H;2-10H,1H3;3*3-6H2,1-2H3;12*1H3/q+2;;;;;;;;;;;;;;;;. The number of para-hydroxylation sites is 1. The molecule has 8 aromatic rings. The first kappa shape index (κ1) is 100. The summed E-state index contributed by atoms with van der Waals surface area (Å²) in [6.07, 6.45) is 29.1. The molecule has 0 amide bonds. The molecule has 0 saturated heterocycles. The van der Waals surface area contributed by atoms with E-state index >= 15 is 0 Å². The third kappa shape index (κ3) is 24.7. The Morgan fingerprint density at radius 3 is 0.930 bits per heavy atom. The van der Waals surface area contributed by atoms with Crippen molar-refractivity contribution in [2.75, 3.05) is 125 Å². The number of nitrogens with zero attached hydrogens (tertiary/aromatic N) is 8. The number of aromatic nitrogens is 2. The van der Waals surface area contributed by atoms with E-state index in [1.807, 2.05) is 36.4 Å². The summed E-state index contributed by atoms with van der Waals surface area (Å²) < 4.78 is 29.2. The van der Waals surface area contributed by atoms with E-state index in [0.717, 1.165) is 121 Å². The Bertz CT molecular complexity index is 3510. The van der Waals surface area contributed by atoms with Crippen LogP contribution in [0.5, 0.6) is 5.75 Å². The summed E-state index contributed by atoms with van der Waals surface area (Å²) in [7, 11) is 6.93. The Morgan fingerprint density at radius 1 is 0.320 bits per heavy atom. The van der Waals surface area contributed by atoms with Crippen LogP contribution in [0.4, 0.5) is 11.6 Å². The quantitative estimate of drug-likeness (QED) is 0.0615. The highest BCUT2D eigenvalue weighted by Gasteiger charge is 2.69. The summed E-state index contributed by atoms with van der Waals surface area (Å²) >= 11 is 55.7. The van der Waals surface area contributed by atoms with Gasteiger partial charge in [-0.2, -0.15) is 9.13 Å². The van der Waals surface area contributed by atoms with E-state index in [1.165, 1.54) is 140 Å². The summed E-state index contributed by atoms with van der Waals surface area (Å²) in [5, 5.41) is 4.33. The topological polar surface area (TPSA) is 102 Å². The largest absolute Gasteiger partial charge is 0.496 e. The number of benzene rings is 6. The van der Waals surface area contributed by atoms with E-state index in [2.05, 4.69) is 294 Å². The number of halogens is 12. The Kier molecular flexibility index (Phi) is 62.2. The van der Waals surface area contributed by atoms with Gasteiger partial charge in [-0.3, -0.25) is 0 Å². The zero-order valence-corrected chi connectivity index (χ0v) is 70.7. The lowest BCUT2D eigenvalue weighted by molar-refractivity contribution is -0.790. The van der Waals surface area contributed by atoms with E-state index in [1.54, 1.807) is 28.4 Å². The smallest absolute Gasteiger partial charge is 0.404 e. The van der Waals surface area contributed by atoms with Crippen molar-refractivity contribution in [2.24, 2.45) is 20.0 Å². The average molecular weight is 1620 g/mol. The fourth-order valence-corrected chi connectivity index (χ4v) is 10.9. The van der Waals surface area contributed by atoms with Gasteiger partial charge < -0.3 is 18.9 Å². The molecule has 0 fully saturated rings. The van der Waals surface area contributed by atoms with Gasteiger partial charge in [-0.1, -0.05) is 176 Å². The van der Waals surface area contributed by atoms with Crippen LogP contribution in [0.15, 0.2) is 172 Å². The second-order valence-electron chi connectivity index (χ2n) is 19.3. The summed E-state index contributed by atoms with van der Waals surface area (Å²) in [5.41, 5.74) is 8.45. The Morgan fingerprint density at radius 2 is 0.610 bits per heavy atom. The van der Waals surface area contributed by atoms with Crippen molar-refractivity contribution in [3.63, 3.8) is 0 Å². The van der Waals surface area contributed by atoms with Crippen LogP contribution in [0.25, 0.3) is 32.7 Å². The lowest BCUT2D eigenvalue weighted by atomic mass is 10.1. The van der Waals surface area contributed by atoms with Crippen molar-refractivity contribution in [1.29, 1.82) is 0 Å². The SMILES string of the molecule is CCCCCOC.CCCCCOC.CCCCCOC.CCl.CCl.CCl.CCl.CCl.CCl.CCl.CCl.CCl.CCl.CCl.CCl.COc1ccccc1-c1ccccc1.c1ccc2c(c1)C1=Nc3c4ccccc4c4n3C35n6c(c7ccccc7c6=NC6=[N+]3C(=N4)c3ccccc36)=NC2=[N+]15. The molecule has 2 aromatic heterocycles. The predicted octanol–water partition coefficient (Wildman–Crippen LogP) is 22.8. The van der Waals surface area contributed by atoms with Crippen molar-refractivity contribution >= 4 is 196 Å². The maximum absolute atomic E-state index is 5.42. The van der Waals surface area contributed by atoms with Crippen LogP contribution in [-0.4, -0.2) is 166 Å². The fourth-order valence-electron chi connectivity index (χ4n) is 10.9. The number of methoxy groups -OCH3 is 4. The molecular weight excluding hydrogens is 1510 g/mol. The maximum Gasteiger partial charge on any atom is 0.404 e. The maximum atomic E-state index is 5.42. The lowest BCUT2D eigenvalue weighted by Crippen LogP contribution is -2.71. The zero-order valence-electron chi connectivity index (χ0n) is 61.7. The fraction of sp³-hybridized carbons (Fsp3) is 0.421. The van der Waals surface area contributed by atoms with Gasteiger partial charge in [-0.25, -0.2) is 0 Å². The second-order valence-corrected chi connectivity index (χ2v) is 19.3. The Hall–Kier alpha value is -4.16. The van der Waals surface area contributed by atoms with Gasteiger partial charge in [0.1, 0.15) is 5.75 Å². The molecule has 6 aliphatic heterocycles. The van der Waals surface area contributed by atoms with Crippen molar-refractivity contribution in [1.82, 2.24) is 9.13 Å². The second kappa shape index (κ2) is 62.2. The number of alkyl halides is 12. The third-order valence-electron chi connectivity index (χ3n) is 14.4. The molecule has 100 heavy (non-hydrogen) atoms. The predicted molar refractivity (Wildman–Crippen MR) is 448 cm³/mol. The highest BCUT2D eigenvalue weighted by Crippen LogP contribution is 2.52. The van der Waals surface area contributed by atoms with E-state index in [-0.39, 0.29) is 0 Å². The minimum atomic E-state index is -0.923. The molecule has 0 N–H and O–H groups in total. The van der Waals surface area contributed by atoms with Gasteiger partial charge in [0.25, 0.3) is 23.3 Å². The lowest BCUT2D eigenvalue weighted by Gasteiger charge is -2.40. The van der Waals surface area contributed by atoms with Gasteiger partial charge in [0.2, 0.25) is 22.6 Å². The molecule has 0 unspecified atom stereocenters. The highest BCUT2D eigenvalue weighted by molar-refractivity contribution is 6.21. The van der Waals surface area contributed by atoms with Crippen molar-refractivity contribution in [3.05, 3.63) is 185 Å². The number of unbranched alkanes of at least 4 members (excludes halogenated alkanes) is 6. The molecule has 6 aliphatic rings. The van der Waals surface area contributed by atoms with E-state index in [9.17, 15) is 0 Å². The van der Waals surface area contributed by atoms with Gasteiger partial charge in [0, 0.05) is 145 Å². The summed E-state index contributed by atoms with van der Waals surface area (Å²) in [4.78, 5) is 21.7. The molecule has 0 aliphatic carbocycles. The Labute approximate surface area is 658 Å². The molecule has 24 heteroatoms. The molecule has 0 atom stereocenters. The van der Waals surface area contributed by atoms with E-state index in [0.29, 0.717) is 0 Å². The van der Waals surface area contributed by atoms with E-state index < -0.39 is 5.91 Å².